The van der Waals surface area contributed by atoms with Gasteiger partial charge < -0.3 is 19.9 Å². The van der Waals surface area contributed by atoms with Crippen LogP contribution in [-0.2, 0) is 0 Å². The minimum Gasteiger partial charge on any atom is -0.497 e. The molecule has 30 heavy (non-hydrogen) atoms. The van der Waals surface area contributed by atoms with Crippen LogP contribution in [0.2, 0.25) is 0 Å². The Morgan fingerprint density at radius 2 is 1.70 bits per heavy atom. The molecule has 0 saturated carbocycles. The third kappa shape index (κ3) is 4.44. The van der Waals surface area contributed by atoms with Crippen molar-refractivity contribution in [2.24, 2.45) is 0 Å². The zero-order chi connectivity index (χ0) is 21.1. The van der Waals surface area contributed by atoms with Gasteiger partial charge in [0.2, 0.25) is 0 Å². The summed E-state index contributed by atoms with van der Waals surface area (Å²) in [4.78, 5) is 18.2. The summed E-state index contributed by atoms with van der Waals surface area (Å²) in [5.41, 5.74) is 4.31. The SMILES string of the molecule is COc1ccc(-c2ccc(N3CCN(C(=O)Nc4cc(C)ccc4C)CC3)s2)cc1. The van der Waals surface area contributed by atoms with Gasteiger partial charge in [0, 0.05) is 36.7 Å². The first-order valence-corrected chi connectivity index (χ1v) is 11.0. The molecule has 0 spiro atoms. The van der Waals surface area contributed by atoms with Crippen molar-refractivity contribution in [3.63, 3.8) is 0 Å². The van der Waals surface area contributed by atoms with E-state index in [2.05, 4.69) is 40.5 Å². The quantitative estimate of drug-likeness (QED) is 0.614. The number of urea groups is 1. The number of carbonyl (C=O) groups excluding carboxylic acids is 1. The van der Waals surface area contributed by atoms with E-state index in [0.29, 0.717) is 13.1 Å². The maximum absolute atomic E-state index is 12.7. The normalized spacial score (nSPS) is 14.0. The molecule has 2 heterocycles. The van der Waals surface area contributed by atoms with E-state index < -0.39 is 0 Å². The highest BCUT2D eigenvalue weighted by molar-refractivity contribution is 7.19. The lowest BCUT2D eigenvalue weighted by Gasteiger charge is -2.35. The van der Waals surface area contributed by atoms with E-state index in [-0.39, 0.29) is 6.03 Å². The van der Waals surface area contributed by atoms with Crippen LogP contribution >= 0.6 is 11.3 Å². The number of ether oxygens (including phenoxy) is 1. The van der Waals surface area contributed by atoms with Crippen LogP contribution in [0.4, 0.5) is 15.5 Å². The Morgan fingerprint density at radius 3 is 2.40 bits per heavy atom. The third-order valence-electron chi connectivity index (χ3n) is 5.48. The summed E-state index contributed by atoms with van der Waals surface area (Å²) in [6.07, 6.45) is 0. The zero-order valence-electron chi connectivity index (χ0n) is 17.6. The highest BCUT2D eigenvalue weighted by Gasteiger charge is 2.22. The fourth-order valence-corrected chi connectivity index (χ4v) is 4.67. The number of aryl methyl sites for hydroxylation is 2. The molecule has 0 aliphatic carbocycles. The molecule has 1 N–H and O–H groups in total. The van der Waals surface area contributed by atoms with Crippen molar-refractivity contribution in [2.75, 3.05) is 43.5 Å². The molecule has 0 bridgehead atoms. The molecule has 1 aliphatic heterocycles. The van der Waals surface area contributed by atoms with E-state index in [0.717, 1.165) is 35.7 Å². The molecule has 6 heteroatoms. The second kappa shape index (κ2) is 8.79. The van der Waals surface area contributed by atoms with E-state index in [1.54, 1.807) is 18.4 Å². The molecule has 2 amide bonds. The Bertz CT molecular complexity index is 1020. The third-order valence-corrected chi connectivity index (χ3v) is 6.67. The minimum absolute atomic E-state index is 0.0200. The van der Waals surface area contributed by atoms with Crippen LogP contribution in [0.5, 0.6) is 5.75 Å². The van der Waals surface area contributed by atoms with Crippen LogP contribution in [0.3, 0.4) is 0 Å². The number of nitrogens with zero attached hydrogens (tertiary/aromatic N) is 2. The molecule has 0 radical (unpaired) electrons. The molecule has 1 saturated heterocycles. The smallest absolute Gasteiger partial charge is 0.321 e. The van der Waals surface area contributed by atoms with E-state index >= 15 is 0 Å². The Hall–Kier alpha value is -2.99. The van der Waals surface area contributed by atoms with Gasteiger partial charge >= 0.3 is 6.03 Å². The first-order valence-electron chi connectivity index (χ1n) is 10.2. The largest absolute Gasteiger partial charge is 0.497 e. The van der Waals surface area contributed by atoms with Gasteiger partial charge in [-0.05, 0) is 73.0 Å². The van der Waals surface area contributed by atoms with Gasteiger partial charge in [0.1, 0.15) is 5.75 Å². The Kier molecular flexibility index (Phi) is 5.95. The minimum atomic E-state index is -0.0200. The first kappa shape index (κ1) is 20.3. The molecule has 1 aliphatic rings. The molecule has 0 atom stereocenters. The zero-order valence-corrected chi connectivity index (χ0v) is 18.5. The second-order valence-electron chi connectivity index (χ2n) is 7.59. The van der Waals surface area contributed by atoms with Crippen LogP contribution in [-0.4, -0.2) is 44.2 Å². The lowest BCUT2D eigenvalue weighted by atomic mass is 10.1. The molecule has 2 aromatic carbocycles. The van der Waals surface area contributed by atoms with Crippen LogP contribution < -0.4 is 15.0 Å². The van der Waals surface area contributed by atoms with Crippen molar-refractivity contribution in [2.45, 2.75) is 13.8 Å². The predicted molar refractivity (Wildman–Crippen MR) is 125 cm³/mol. The van der Waals surface area contributed by atoms with Crippen molar-refractivity contribution < 1.29 is 9.53 Å². The molecule has 3 aromatic rings. The summed E-state index contributed by atoms with van der Waals surface area (Å²) >= 11 is 1.79. The van der Waals surface area contributed by atoms with E-state index in [1.165, 1.54) is 15.4 Å². The summed E-state index contributed by atoms with van der Waals surface area (Å²) < 4.78 is 5.24. The van der Waals surface area contributed by atoms with Crippen molar-refractivity contribution in [3.05, 3.63) is 65.7 Å². The highest BCUT2D eigenvalue weighted by atomic mass is 32.1. The topological polar surface area (TPSA) is 44.8 Å². The molecular weight excluding hydrogens is 394 g/mol. The van der Waals surface area contributed by atoms with Crippen LogP contribution in [0.25, 0.3) is 10.4 Å². The van der Waals surface area contributed by atoms with Gasteiger partial charge in [-0.2, -0.15) is 0 Å². The van der Waals surface area contributed by atoms with Gasteiger partial charge in [-0.15, -0.1) is 11.3 Å². The maximum Gasteiger partial charge on any atom is 0.321 e. The fourth-order valence-electron chi connectivity index (χ4n) is 3.60. The number of hydrogen-bond donors (Lipinski definition) is 1. The number of nitrogens with one attached hydrogen (secondary N) is 1. The van der Waals surface area contributed by atoms with Crippen LogP contribution in [0.1, 0.15) is 11.1 Å². The van der Waals surface area contributed by atoms with Gasteiger partial charge in [-0.25, -0.2) is 4.79 Å². The summed E-state index contributed by atoms with van der Waals surface area (Å²) in [7, 11) is 1.68. The second-order valence-corrected chi connectivity index (χ2v) is 8.65. The van der Waals surface area contributed by atoms with Gasteiger partial charge in [0.25, 0.3) is 0 Å². The standard InChI is InChI=1S/C24H27N3O2S/c1-17-4-5-18(2)21(16-17)25-24(28)27-14-12-26(13-15-27)23-11-10-22(30-23)19-6-8-20(29-3)9-7-19/h4-11,16H,12-15H2,1-3H3,(H,25,28). The predicted octanol–water partition coefficient (Wildman–Crippen LogP) is 5.39. The number of methoxy groups -OCH3 is 1. The lowest BCUT2D eigenvalue weighted by molar-refractivity contribution is 0.208. The van der Waals surface area contributed by atoms with Crippen molar-refractivity contribution >= 4 is 28.1 Å². The number of benzene rings is 2. The Morgan fingerprint density at radius 1 is 0.967 bits per heavy atom. The summed E-state index contributed by atoms with van der Waals surface area (Å²) in [5, 5.41) is 4.32. The molecule has 1 aromatic heterocycles. The molecule has 1 fully saturated rings. The molecular formula is C24H27N3O2S. The maximum atomic E-state index is 12.7. The molecule has 5 nitrogen and oxygen atoms in total. The Labute approximate surface area is 181 Å². The van der Waals surface area contributed by atoms with Gasteiger partial charge in [0.15, 0.2) is 0 Å². The van der Waals surface area contributed by atoms with Gasteiger partial charge in [0.05, 0.1) is 12.1 Å². The number of piperazine rings is 1. The number of hydrogen-bond acceptors (Lipinski definition) is 4. The summed E-state index contributed by atoms with van der Waals surface area (Å²) in [6.45, 7) is 7.16. The highest BCUT2D eigenvalue weighted by Crippen LogP contribution is 2.34. The van der Waals surface area contributed by atoms with E-state index in [9.17, 15) is 4.79 Å². The number of carbonyl (C=O) groups is 1. The van der Waals surface area contributed by atoms with E-state index in [4.69, 9.17) is 4.74 Å². The number of amides is 2. The van der Waals surface area contributed by atoms with Crippen molar-refractivity contribution in [3.8, 4) is 16.2 Å². The summed E-state index contributed by atoms with van der Waals surface area (Å²) in [5.74, 6) is 0.866. The van der Waals surface area contributed by atoms with Crippen molar-refractivity contribution in [1.82, 2.24) is 4.90 Å². The average Bonchev–Trinajstić information content (AvgIpc) is 3.27. The van der Waals surface area contributed by atoms with Gasteiger partial charge in [-0.1, -0.05) is 12.1 Å². The molecule has 0 unspecified atom stereocenters. The fraction of sp³-hybridized carbons (Fsp3) is 0.292. The number of rotatable bonds is 4. The van der Waals surface area contributed by atoms with Gasteiger partial charge in [-0.3, -0.25) is 0 Å². The average molecular weight is 422 g/mol. The molecule has 4 rings (SSSR count). The number of thiophene rings is 1. The Balaban J connectivity index is 1.36. The van der Waals surface area contributed by atoms with Crippen LogP contribution in [0, 0.1) is 13.8 Å². The number of anilines is 2. The van der Waals surface area contributed by atoms with Crippen LogP contribution in [0.15, 0.2) is 54.6 Å². The first-order chi connectivity index (χ1) is 14.5. The lowest BCUT2D eigenvalue weighted by Crippen LogP contribution is -2.50. The van der Waals surface area contributed by atoms with E-state index in [1.807, 2.05) is 43.0 Å². The molecule has 156 valence electrons. The van der Waals surface area contributed by atoms with Crippen molar-refractivity contribution in [1.29, 1.82) is 0 Å². The monoisotopic (exact) mass is 421 g/mol. The summed E-state index contributed by atoms with van der Waals surface area (Å²) in [6, 6.07) is 18.6.